The first-order valence-electron chi connectivity index (χ1n) is 11.6. The second kappa shape index (κ2) is 11.5. The van der Waals surface area contributed by atoms with Crippen molar-refractivity contribution in [1.82, 2.24) is 4.90 Å². The van der Waals surface area contributed by atoms with Crippen molar-refractivity contribution in [1.29, 1.82) is 0 Å². The third kappa shape index (κ3) is 5.96. The van der Waals surface area contributed by atoms with E-state index < -0.39 is 0 Å². The molecule has 0 radical (unpaired) electrons. The monoisotopic (exact) mass is 435 g/mol. The smallest absolute Gasteiger partial charge is 0.258 e. The number of likely N-dealkylation sites (tertiary alicyclic amines) is 1. The molecule has 0 aromatic heterocycles. The lowest BCUT2D eigenvalue weighted by Gasteiger charge is -2.23. The van der Waals surface area contributed by atoms with Crippen LogP contribution in [-0.4, -0.2) is 42.3 Å². The van der Waals surface area contributed by atoms with Crippen molar-refractivity contribution >= 4 is 29.1 Å². The van der Waals surface area contributed by atoms with Gasteiger partial charge in [0, 0.05) is 43.0 Å². The van der Waals surface area contributed by atoms with Gasteiger partial charge >= 0.3 is 0 Å². The summed E-state index contributed by atoms with van der Waals surface area (Å²) in [5, 5.41) is 2.90. The van der Waals surface area contributed by atoms with Crippen LogP contribution in [-0.2, 0) is 9.59 Å². The van der Waals surface area contributed by atoms with Crippen LogP contribution in [0.15, 0.2) is 54.6 Å². The quantitative estimate of drug-likeness (QED) is 0.587. The largest absolute Gasteiger partial charge is 0.342 e. The Balaban J connectivity index is 1.63. The molecule has 1 N–H and O–H groups in total. The van der Waals surface area contributed by atoms with Gasteiger partial charge in [-0.1, -0.05) is 44.9 Å². The van der Waals surface area contributed by atoms with Crippen LogP contribution in [0.25, 0.3) is 0 Å². The van der Waals surface area contributed by atoms with Gasteiger partial charge in [-0.25, -0.2) is 0 Å². The summed E-state index contributed by atoms with van der Waals surface area (Å²) in [5.41, 5.74) is 2.08. The molecule has 3 amide bonds. The van der Waals surface area contributed by atoms with Gasteiger partial charge in [0.1, 0.15) is 0 Å². The van der Waals surface area contributed by atoms with Gasteiger partial charge in [0.15, 0.2) is 0 Å². The summed E-state index contributed by atoms with van der Waals surface area (Å²) in [6.45, 7) is 6.03. The van der Waals surface area contributed by atoms with Gasteiger partial charge in [0.25, 0.3) is 5.91 Å². The van der Waals surface area contributed by atoms with E-state index in [1.54, 1.807) is 34.1 Å². The van der Waals surface area contributed by atoms with Crippen LogP contribution in [0.5, 0.6) is 0 Å². The maximum atomic E-state index is 13.1. The van der Waals surface area contributed by atoms with Crippen LogP contribution in [0.2, 0.25) is 0 Å². The minimum atomic E-state index is -0.330. The van der Waals surface area contributed by atoms with E-state index in [4.69, 9.17) is 0 Å². The van der Waals surface area contributed by atoms with Crippen molar-refractivity contribution in [2.24, 2.45) is 5.92 Å². The first-order valence-corrected chi connectivity index (χ1v) is 11.6. The maximum Gasteiger partial charge on any atom is 0.258 e. The summed E-state index contributed by atoms with van der Waals surface area (Å²) in [6.07, 6.45) is 4.15. The van der Waals surface area contributed by atoms with Crippen molar-refractivity contribution in [3.8, 4) is 0 Å². The van der Waals surface area contributed by atoms with Gasteiger partial charge in [-0.2, -0.15) is 0 Å². The molecule has 32 heavy (non-hydrogen) atoms. The lowest BCUT2D eigenvalue weighted by molar-refractivity contribution is -0.128. The van der Waals surface area contributed by atoms with Crippen LogP contribution >= 0.6 is 0 Å². The Morgan fingerprint density at radius 1 is 1.00 bits per heavy atom. The molecule has 1 heterocycles. The van der Waals surface area contributed by atoms with E-state index in [9.17, 15) is 14.4 Å². The molecule has 0 saturated carbocycles. The number of benzene rings is 2. The van der Waals surface area contributed by atoms with Crippen LogP contribution < -0.4 is 10.2 Å². The Kier molecular flexibility index (Phi) is 8.42. The number of carbonyl (C=O) groups excluding carboxylic acids is 3. The minimum Gasteiger partial charge on any atom is -0.342 e. The number of nitrogens with one attached hydrogen (secondary N) is 1. The molecule has 0 spiro atoms. The molecule has 1 aliphatic heterocycles. The molecule has 1 fully saturated rings. The highest BCUT2D eigenvalue weighted by molar-refractivity contribution is 6.06. The normalized spacial score (nSPS) is 15.6. The van der Waals surface area contributed by atoms with Crippen molar-refractivity contribution in [2.45, 2.75) is 46.0 Å². The highest BCUT2D eigenvalue weighted by Gasteiger charge is 2.33. The minimum absolute atomic E-state index is 0.0487. The van der Waals surface area contributed by atoms with Gasteiger partial charge < -0.3 is 15.1 Å². The first kappa shape index (κ1) is 23.5. The van der Waals surface area contributed by atoms with Crippen molar-refractivity contribution in [3.05, 3.63) is 60.2 Å². The molecule has 2 aromatic rings. The topological polar surface area (TPSA) is 69.7 Å². The summed E-state index contributed by atoms with van der Waals surface area (Å²) >= 11 is 0. The Morgan fingerprint density at radius 3 is 2.34 bits per heavy atom. The van der Waals surface area contributed by atoms with Crippen molar-refractivity contribution in [2.75, 3.05) is 29.9 Å². The van der Waals surface area contributed by atoms with E-state index in [2.05, 4.69) is 19.2 Å². The molecule has 0 aliphatic carbocycles. The lowest BCUT2D eigenvalue weighted by atomic mass is 10.1. The van der Waals surface area contributed by atoms with Gasteiger partial charge in [0.2, 0.25) is 11.8 Å². The van der Waals surface area contributed by atoms with Crippen LogP contribution in [0.4, 0.5) is 11.4 Å². The number of carbonyl (C=O) groups is 3. The van der Waals surface area contributed by atoms with Crippen molar-refractivity contribution < 1.29 is 14.4 Å². The fourth-order valence-corrected chi connectivity index (χ4v) is 3.88. The fraction of sp³-hybridized carbons (Fsp3) is 0.423. The zero-order valence-electron chi connectivity index (χ0n) is 19.0. The number of nitrogens with zero attached hydrogens (tertiary/aromatic N) is 2. The second-order valence-electron chi connectivity index (χ2n) is 8.31. The predicted octanol–water partition coefficient (Wildman–Crippen LogP) is 4.72. The number of hydrogen-bond donors (Lipinski definition) is 1. The molecule has 6 nitrogen and oxygen atoms in total. The number of para-hydroxylation sites is 1. The Morgan fingerprint density at radius 2 is 1.69 bits per heavy atom. The van der Waals surface area contributed by atoms with Gasteiger partial charge in [0.05, 0.1) is 5.92 Å². The molecule has 2 aromatic carbocycles. The van der Waals surface area contributed by atoms with E-state index in [1.807, 2.05) is 30.3 Å². The average Bonchev–Trinajstić information content (AvgIpc) is 3.19. The Hall–Kier alpha value is -3.15. The van der Waals surface area contributed by atoms with Crippen LogP contribution in [0.3, 0.4) is 0 Å². The highest BCUT2D eigenvalue weighted by Crippen LogP contribution is 2.22. The molecular formula is C26H33N3O3. The van der Waals surface area contributed by atoms with E-state index in [-0.39, 0.29) is 30.1 Å². The summed E-state index contributed by atoms with van der Waals surface area (Å²) in [5.74, 6) is -0.489. The highest BCUT2D eigenvalue weighted by atomic mass is 16.2. The molecule has 1 saturated heterocycles. The molecule has 170 valence electrons. The molecule has 0 bridgehead atoms. The molecule has 3 rings (SSSR count). The molecule has 1 aliphatic rings. The van der Waals surface area contributed by atoms with Gasteiger partial charge in [-0.15, -0.1) is 0 Å². The number of unbranched alkanes of at least 4 members (excludes halogenated alkanes) is 2. The molecule has 6 heteroatoms. The fourth-order valence-electron chi connectivity index (χ4n) is 3.88. The van der Waals surface area contributed by atoms with Crippen LogP contribution in [0.1, 0.15) is 56.3 Å². The predicted molar refractivity (Wildman–Crippen MR) is 128 cm³/mol. The second-order valence-corrected chi connectivity index (χ2v) is 8.31. The molecule has 1 unspecified atom stereocenters. The van der Waals surface area contributed by atoms with Gasteiger partial charge in [-0.05, 0) is 49.2 Å². The van der Waals surface area contributed by atoms with E-state index in [0.717, 1.165) is 31.4 Å². The van der Waals surface area contributed by atoms with Gasteiger partial charge in [-0.3, -0.25) is 14.4 Å². The zero-order valence-corrected chi connectivity index (χ0v) is 19.0. The number of anilines is 2. The average molecular weight is 436 g/mol. The van der Waals surface area contributed by atoms with Crippen molar-refractivity contribution in [3.63, 3.8) is 0 Å². The summed E-state index contributed by atoms with van der Waals surface area (Å²) in [6, 6.07) is 16.7. The third-order valence-corrected chi connectivity index (χ3v) is 5.81. The number of hydrogen-bond acceptors (Lipinski definition) is 3. The lowest BCUT2D eigenvalue weighted by Crippen LogP contribution is -2.32. The SMILES string of the molecule is CCCCN1CC(C(=O)Nc2ccc(C(=O)N(CCCC)c3ccccc3)cc2)CC1=O. The standard InChI is InChI=1S/C26H33N3O3/c1-3-5-16-28-19-21(18-24(28)30)25(31)27-22-14-12-20(13-15-22)26(32)29(17-6-4-2)23-10-8-7-9-11-23/h7-15,21H,3-6,16-19H2,1-2H3,(H,27,31). The Bertz CT molecular complexity index is 912. The third-order valence-electron chi connectivity index (χ3n) is 5.81. The summed E-state index contributed by atoms with van der Waals surface area (Å²) in [4.78, 5) is 41.5. The van der Waals surface area contributed by atoms with E-state index >= 15 is 0 Å². The van der Waals surface area contributed by atoms with E-state index in [1.165, 1.54) is 0 Å². The zero-order chi connectivity index (χ0) is 22.9. The molecular weight excluding hydrogens is 402 g/mol. The number of amides is 3. The number of rotatable bonds is 10. The van der Waals surface area contributed by atoms with Crippen LogP contribution in [0, 0.1) is 5.92 Å². The van der Waals surface area contributed by atoms with E-state index in [0.29, 0.717) is 30.9 Å². The first-order chi connectivity index (χ1) is 15.5. The molecule has 1 atom stereocenters. The maximum absolute atomic E-state index is 13.1. The Labute approximate surface area is 190 Å². The summed E-state index contributed by atoms with van der Waals surface area (Å²) < 4.78 is 0. The summed E-state index contributed by atoms with van der Waals surface area (Å²) in [7, 11) is 0.